The lowest BCUT2D eigenvalue weighted by molar-refractivity contribution is 0.0947. The lowest BCUT2D eigenvalue weighted by Crippen LogP contribution is -2.28. The summed E-state index contributed by atoms with van der Waals surface area (Å²) in [5.41, 5.74) is 0.602. The highest BCUT2D eigenvalue weighted by molar-refractivity contribution is 6.20. The van der Waals surface area contributed by atoms with E-state index in [-0.39, 0.29) is 18.1 Å². The molecule has 0 spiro atoms. The van der Waals surface area contributed by atoms with E-state index in [1.807, 2.05) is 0 Å². The molecule has 1 aromatic carbocycles. The van der Waals surface area contributed by atoms with E-state index in [4.69, 9.17) is 21.1 Å². The maximum absolute atomic E-state index is 12.0. The molecule has 2 unspecified atom stereocenters. The smallest absolute Gasteiger partial charge is 0.251 e. The van der Waals surface area contributed by atoms with Gasteiger partial charge in [-0.25, -0.2) is 0 Å². The van der Waals surface area contributed by atoms with Gasteiger partial charge >= 0.3 is 0 Å². The molecule has 1 heterocycles. The Kier molecular flexibility index (Phi) is 3.51. The molecule has 2 atom stereocenters. The van der Waals surface area contributed by atoms with Gasteiger partial charge in [0.15, 0.2) is 11.5 Å². The summed E-state index contributed by atoms with van der Waals surface area (Å²) in [6.45, 7) is 0.913. The second-order valence-electron chi connectivity index (χ2n) is 5.05. The molecule has 5 heteroatoms. The van der Waals surface area contributed by atoms with Crippen LogP contribution in [0.25, 0.3) is 0 Å². The van der Waals surface area contributed by atoms with Crippen molar-refractivity contribution in [2.45, 2.75) is 24.6 Å². The predicted molar refractivity (Wildman–Crippen MR) is 71.9 cm³/mol. The highest BCUT2D eigenvalue weighted by atomic mass is 35.5. The Balaban J connectivity index is 1.58. The fourth-order valence-electron chi connectivity index (χ4n) is 2.58. The van der Waals surface area contributed by atoms with Crippen molar-refractivity contribution >= 4 is 17.5 Å². The molecule has 3 rings (SSSR count). The van der Waals surface area contributed by atoms with Crippen LogP contribution in [0, 0.1) is 5.92 Å². The molecule has 19 heavy (non-hydrogen) atoms. The van der Waals surface area contributed by atoms with Gasteiger partial charge in [0.05, 0.1) is 0 Å². The Labute approximate surface area is 117 Å². The summed E-state index contributed by atoms with van der Waals surface area (Å²) < 4.78 is 10.5. The molecule has 1 amide bonds. The number of carbonyl (C=O) groups is 1. The molecular weight excluding hydrogens is 266 g/mol. The van der Waals surface area contributed by atoms with E-state index in [0.29, 0.717) is 29.5 Å². The van der Waals surface area contributed by atoms with E-state index in [0.717, 1.165) is 19.3 Å². The summed E-state index contributed by atoms with van der Waals surface area (Å²) in [4.78, 5) is 12.0. The molecule has 0 bridgehead atoms. The second-order valence-corrected chi connectivity index (χ2v) is 5.67. The van der Waals surface area contributed by atoms with Crippen molar-refractivity contribution in [3.05, 3.63) is 23.8 Å². The van der Waals surface area contributed by atoms with Crippen LogP contribution >= 0.6 is 11.6 Å². The number of nitrogens with one attached hydrogen (secondary N) is 1. The molecule has 1 aliphatic heterocycles. The van der Waals surface area contributed by atoms with Crippen LogP contribution in [0.1, 0.15) is 29.6 Å². The van der Waals surface area contributed by atoms with Crippen molar-refractivity contribution in [2.75, 3.05) is 13.3 Å². The Bertz CT molecular complexity index is 492. The Morgan fingerprint density at radius 1 is 1.32 bits per heavy atom. The van der Waals surface area contributed by atoms with Crippen LogP contribution in [0.2, 0.25) is 0 Å². The van der Waals surface area contributed by atoms with E-state index in [9.17, 15) is 4.79 Å². The zero-order valence-electron chi connectivity index (χ0n) is 10.5. The molecule has 1 aromatic rings. The zero-order valence-corrected chi connectivity index (χ0v) is 11.3. The van der Waals surface area contributed by atoms with Gasteiger partial charge in [0, 0.05) is 17.5 Å². The van der Waals surface area contributed by atoms with Crippen molar-refractivity contribution in [3.8, 4) is 11.5 Å². The third kappa shape index (κ3) is 2.78. The number of alkyl halides is 1. The van der Waals surface area contributed by atoms with Crippen molar-refractivity contribution in [2.24, 2.45) is 5.92 Å². The minimum Gasteiger partial charge on any atom is -0.454 e. The molecule has 0 saturated heterocycles. The minimum atomic E-state index is -0.0728. The van der Waals surface area contributed by atoms with Gasteiger partial charge in [0.25, 0.3) is 5.91 Å². The van der Waals surface area contributed by atoms with Crippen LogP contribution in [0.15, 0.2) is 18.2 Å². The number of amides is 1. The predicted octanol–water partition coefficient (Wildman–Crippen LogP) is 2.55. The largest absolute Gasteiger partial charge is 0.454 e. The number of benzene rings is 1. The Hall–Kier alpha value is -1.42. The fourth-order valence-corrected chi connectivity index (χ4v) is 2.95. The van der Waals surface area contributed by atoms with Gasteiger partial charge in [0.2, 0.25) is 6.79 Å². The Morgan fingerprint density at radius 2 is 2.16 bits per heavy atom. The van der Waals surface area contributed by atoms with Crippen LogP contribution in [0.3, 0.4) is 0 Å². The van der Waals surface area contributed by atoms with Crippen LogP contribution in [-0.2, 0) is 0 Å². The molecule has 1 saturated carbocycles. The van der Waals surface area contributed by atoms with Crippen molar-refractivity contribution < 1.29 is 14.3 Å². The van der Waals surface area contributed by atoms with Gasteiger partial charge in [-0.3, -0.25) is 4.79 Å². The van der Waals surface area contributed by atoms with Crippen LogP contribution < -0.4 is 14.8 Å². The summed E-state index contributed by atoms with van der Waals surface area (Å²) in [6.07, 6.45) is 3.13. The monoisotopic (exact) mass is 281 g/mol. The van der Waals surface area contributed by atoms with Crippen molar-refractivity contribution in [1.82, 2.24) is 5.32 Å². The number of fused-ring (bicyclic) bond motifs is 1. The van der Waals surface area contributed by atoms with Gasteiger partial charge in [-0.1, -0.05) is 0 Å². The first-order chi connectivity index (χ1) is 9.22. The van der Waals surface area contributed by atoms with Gasteiger partial charge < -0.3 is 14.8 Å². The summed E-state index contributed by atoms with van der Waals surface area (Å²) >= 11 is 6.06. The average molecular weight is 282 g/mol. The molecule has 2 aliphatic rings. The van der Waals surface area contributed by atoms with Crippen LogP contribution in [0.5, 0.6) is 11.5 Å². The maximum Gasteiger partial charge on any atom is 0.251 e. The average Bonchev–Trinajstić information content (AvgIpc) is 3.03. The van der Waals surface area contributed by atoms with Gasteiger partial charge in [-0.2, -0.15) is 0 Å². The third-order valence-electron chi connectivity index (χ3n) is 3.66. The molecule has 0 radical (unpaired) electrons. The van der Waals surface area contributed by atoms with E-state index in [1.165, 1.54) is 0 Å². The summed E-state index contributed by atoms with van der Waals surface area (Å²) in [5.74, 6) is 1.75. The lowest BCUT2D eigenvalue weighted by Gasteiger charge is -2.11. The summed E-state index contributed by atoms with van der Waals surface area (Å²) in [5, 5.41) is 3.23. The normalized spacial score (nSPS) is 24.5. The van der Waals surface area contributed by atoms with E-state index >= 15 is 0 Å². The first-order valence-corrected chi connectivity index (χ1v) is 6.98. The van der Waals surface area contributed by atoms with Crippen molar-refractivity contribution in [3.63, 3.8) is 0 Å². The fraction of sp³-hybridized carbons (Fsp3) is 0.500. The zero-order chi connectivity index (χ0) is 13.2. The third-order valence-corrected chi connectivity index (χ3v) is 4.06. The highest BCUT2D eigenvalue weighted by Gasteiger charge is 2.23. The van der Waals surface area contributed by atoms with E-state index in [2.05, 4.69) is 5.32 Å². The van der Waals surface area contributed by atoms with Gasteiger partial charge in [0.1, 0.15) is 0 Å². The minimum absolute atomic E-state index is 0.0728. The van der Waals surface area contributed by atoms with Crippen LogP contribution in [0.4, 0.5) is 0 Å². The maximum atomic E-state index is 12.0. The lowest BCUT2D eigenvalue weighted by atomic mass is 10.1. The van der Waals surface area contributed by atoms with Crippen LogP contribution in [-0.4, -0.2) is 24.6 Å². The summed E-state index contributed by atoms with van der Waals surface area (Å²) in [6, 6.07) is 5.24. The van der Waals surface area contributed by atoms with Gasteiger partial charge in [-0.05, 0) is 43.4 Å². The molecule has 1 aliphatic carbocycles. The number of halogens is 1. The molecule has 102 valence electrons. The first-order valence-electron chi connectivity index (χ1n) is 6.54. The number of carbonyl (C=O) groups excluding carboxylic acids is 1. The molecule has 1 fully saturated rings. The molecular formula is C14H16ClNO3. The number of hydrogen-bond donors (Lipinski definition) is 1. The Morgan fingerprint density at radius 3 is 2.95 bits per heavy atom. The second kappa shape index (κ2) is 5.29. The van der Waals surface area contributed by atoms with Crippen molar-refractivity contribution in [1.29, 1.82) is 0 Å². The van der Waals surface area contributed by atoms with Gasteiger partial charge in [-0.15, -0.1) is 11.6 Å². The first kappa shape index (κ1) is 12.6. The number of hydrogen-bond acceptors (Lipinski definition) is 3. The van der Waals surface area contributed by atoms with E-state index < -0.39 is 0 Å². The number of ether oxygens (including phenoxy) is 2. The summed E-state index contributed by atoms with van der Waals surface area (Å²) in [7, 11) is 0. The highest BCUT2D eigenvalue weighted by Crippen LogP contribution is 2.32. The van der Waals surface area contributed by atoms with E-state index in [1.54, 1.807) is 18.2 Å². The number of rotatable bonds is 3. The standard InChI is InChI=1S/C14H16ClNO3/c15-11-3-1-9(5-11)7-16-14(17)10-2-4-12-13(6-10)19-8-18-12/h2,4,6,9,11H,1,3,5,7-8H2,(H,16,17). The SMILES string of the molecule is O=C(NCC1CCC(Cl)C1)c1ccc2c(c1)OCO2. The topological polar surface area (TPSA) is 47.6 Å². The molecule has 0 aromatic heterocycles. The quantitative estimate of drug-likeness (QED) is 0.866. The molecule has 1 N–H and O–H groups in total. The molecule has 4 nitrogen and oxygen atoms in total.